The maximum absolute atomic E-state index is 9.00. The molecule has 0 unspecified atom stereocenters. The van der Waals surface area contributed by atoms with Crippen molar-refractivity contribution in [3.05, 3.63) is 64.7 Å². The fourth-order valence-electron chi connectivity index (χ4n) is 2.28. The summed E-state index contributed by atoms with van der Waals surface area (Å²) in [4.78, 5) is 8.80. The molecule has 0 bridgehead atoms. The molecule has 0 saturated carbocycles. The summed E-state index contributed by atoms with van der Waals surface area (Å²) < 4.78 is 3.14. The normalized spacial score (nSPS) is 10.3. The average molecular weight is 368 g/mol. The molecule has 3 rings (SSSR count). The largest absolute Gasteiger partial charge is 0.384 e. The van der Waals surface area contributed by atoms with Crippen LogP contribution in [0.15, 0.2) is 53.6 Å². The van der Waals surface area contributed by atoms with Crippen LogP contribution in [-0.2, 0) is 0 Å². The Kier molecular flexibility index (Phi) is 5.08. The Morgan fingerprint density at radius 3 is 2.72 bits per heavy atom. The molecular weight excluding hydrogens is 354 g/mol. The van der Waals surface area contributed by atoms with E-state index in [1.165, 1.54) is 11.9 Å². The summed E-state index contributed by atoms with van der Waals surface area (Å²) in [6.07, 6.45) is 0. The Morgan fingerprint density at radius 1 is 1.16 bits per heavy atom. The lowest BCUT2D eigenvalue weighted by Gasteiger charge is -2.10. The first-order valence-corrected chi connectivity index (χ1v) is 8.59. The van der Waals surface area contributed by atoms with Crippen LogP contribution in [0.3, 0.4) is 0 Å². The number of benzene rings is 1. The monoisotopic (exact) mass is 367 g/mol. The molecule has 0 fully saturated rings. The van der Waals surface area contributed by atoms with Crippen molar-refractivity contribution in [3.63, 3.8) is 0 Å². The third kappa shape index (κ3) is 4.02. The first-order valence-electron chi connectivity index (χ1n) is 7.40. The molecule has 7 heteroatoms. The smallest absolute Gasteiger partial charge is 0.136 e. The summed E-state index contributed by atoms with van der Waals surface area (Å²) >= 11 is 7.64. The summed E-state index contributed by atoms with van der Waals surface area (Å²) in [6, 6.07) is 16.6. The van der Waals surface area contributed by atoms with Crippen molar-refractivity contribution >= 4 is 35.2 Å². The number of nitriles is 1. The van der Waals surface area contributed by atoms with E-state index in [4.69, 9.17) is 22.6 Å². The van der Waals surface area contributed by atoms with Crippen LogP contribution in [0.5, 0.6) is 0 Å². The number of nitrogens with two attached hydrogens (primary N) is 1. The van der Waals surface area contributed by atoms with Gasteiger partial charge in [-0.2, -0.15) is 5.26 Å². The van der Waals surface area contributed by atoms with E-state index in [9.17, 15) is 0 Å². The van der Waals surface area contributed by atoms with Crippen LogP contribution in [0.25, 0.3) is 11.3 Å². The second-order valence-corrected chi connectivity index (χ2v) is 6.51. The van der Waals surface area contributed by atoms with Gasteiger partial charge in [0, 0.05) is 17.5 Å². The standard InChI is InChI=1S/C18H14ClN5S/c1-11-9-12(10-20)5-6-13(11)18-14(19)7-8-16(23-18)24-25-17-4-2-3-15(21)22-17/h2-9H,1H3,(H2,21,22)(H,23,24). The Bertz CT molecular complexity index is 968. The van der Waals surface area contributed by atoms with E-state index in [0.29, 0.717) is 27.9 Å². The fraction of sp³-hybridized carbons (Fsp3) is 0.0556. The molecule has 3 aromatic rings. The third-order valence-electron chi connectivity index (χ3n) is 3.46. The van der Waals surface area contributed by atoms with Crippen LogP contribution in [-0.4, -0.2) is 9.97 Å². The van der Waals surface area contributed by atoms with Crippen molar-refractivity contribution in [2.45, 2.75) is 11.9 Å². The number of aryl methyl sites for hydroxylation is 1. The van der Waals surface area contributed by atoms with Gasteiger partial charge in [0.25, 0.3) is 0 Å². The Hall–Kier alpha value is -2.75. The highest BCUT2D eigenvalue weighted by Gasteiger charge is 2.10. The van der Waals surface area contributed by atoms with Gasteiger partial charge in [-0.25, -0.2) is 9.97 Å². The van der Waals surface area contributed by atoms with Gasteiger partial charge in [0.15, 0.2) is 0 Å². The molecule has 0 radical (unpaired) electrons. The molecule has 0 aliphatic heterocycles. The number of anilines is 2. The topological polar surface area (TPSA) is 87.6 Å². The SMILES string of the molecule is Cc1cc(C#N)ccc1-c1nc(NSc2cccc(N)n2)ccc1Cl. The summed E-state index contributed by atoms with van der Waals surface area (Å²) in [6.45, 7) is 1.93. The van der Waals surface area contributed by atoms with Gasteiger partial charge in [-0.05, 0) is 48.9 Å². The van der Waals surface area contributed by atoms with Gasteiger partial charge < -0.3 is 10.5 Å². The Balaban J connectivity index is 1.87. The Labute approximate surface area is 155 Å². The molecule has 0 aliphatic rings. The van der Waals surface area contributed by atoms with Crippen molar-refractivity contribution in [2.24, 2.45) is 0 Å². The number of hydrogen-bond acceptors (Lipinski definition) is 6. The summed E-state index contributed by atoms with van der Waals surface area (Å²) in [5.74, 6) is 1.11. The predicted molar refractivity (Wildman–Crippen MR) is 102 cm³/mol. The predicted octanol–water partition coefficient (Wildman–Crippen LogP) is 4.68. The van der Waals surface area contributed by atoms with Crippen LogP contribution < -0.4 is 10.5 Å². The minimum atomic E-state index is 0.463. The van der Waals surface area contributed by atoms with Crippen molar-refractivity contribution in [2.75, 3.05) is 10.5 Å². The van der Waals surface area contributed by atoms with E-state index >= 15 is 0 Å². The van der Waals surface area contributed by atoms with Crippen LogP contribution in [0.1, 0.15) is 11.1 Å². The van der Waals surface area contributed by atoms with Gasteiger partial charge in [0.1, 0.15) is 16.7 Å². The molecule has 0 aliphatic carbocycles. The lowest BCUT2D eigenvalue weighted by atomic mass is 10.0. The lowest BCUT2D eigenvalue weighted by Crippen LogP contribution is -1.97. The van der Waals surface area contributed by atoms with Gasteiger partial charge >= 0.3 is 0 Å². The summed E-state index contributed by atoms with van der Waals surface area (Å²) in [5.41, 5.74) is 8.78. The second kappa shape index (κ2) is 7.43. The van der Waals surface area contributed by atoms with E-state index in [1.54, 1.807) is 24.3 Å². The zero-order valence-electron chi connectivity index (χ0n) is 13.3. The molecule has 0 atom stereocenters. The molecule has 2 aromatic heterocycles. The van der Waals surface area contributed by atoms with Gasteiger partial charge in [-0.15, -0.1) is 0 Å². The number of pyridine rings is 2. The molecular formula is C18H14ClN5S. The maximum atomic E-state index is 9.00. The van der Waals surface area contributed by atoms with Crippen LogP contribution in [0.2, 0.25) is 5.02 Å². The minimum Gasteiger partial charge on any atom is -0.384 e. The van der Waals surface area contributed by atoms with Crippen molar-refractivity contribution in [3.8, 4) is 17.3 Å². The molecule has 0 spiro atoms. The molecule has 2 heterocycles. The molecule has 25 heavy (non-hydrogen) atoms. The average Bonchev–Trinajstić information content (AvgIpc) is 2.61. The van der Waals surface area contributed by atoms with E-state index in [-0.39, 0.29) is 0 Å². The van der Waals surface area contributed by atoms with Crippen LogP contribution in [0, 0.1) is 18.3 Å². The van der Waals surface area contributed by atoms with Crippen LogP contribution in [0.4, 0.5) is 11.6 Å². The zero-order valence-corrected chi connectivity index (χ0v) is 14.9. The summed E-state index contributed by atoms with van der Waals surface area (Å²) in [5, 5.41) is 10.3. The quantitative estimate of drug-likeness (QED) is 0.651. The number of halogens is 1. The van der Waals surface area contributed by atoms with E-state index in [2.05, 4.69) is 20.8 Å². The van der Waals surface area contributed by atoms with E-state index in [1.807, 2.05) is 31.2 Å². The van der Waals surface area contributed by atoms with E-state index < -0.39 is 0 Å². The zero-order chi connectivity index (χ0) is 17.8. The lowest BCUT2D eigenvalue weighted by molar-refractivity contribution is 1.15. The van der Waals surface area contributed by atoms with Crippen molar-refractivity contribution in [1.82, 2.24) is 9.97 Å². The first kappa shape index (κ1) is 17.1. The number of nitrogens with zero attached hydrogens (tertiary/aromatic N) is 3. The number of hydrogen-bond donors (Lipinski definition) is 2. The number of rotatable bonds is 4. The summed E-state index contributed by atoms with van der Waals surface area (Å²) in [7, 11) is 0. The molecule has 0 saturated heterocycles. The van der Waals surface area contributed by atoms with Gasteiger partial charge in [-0.1, -0.05) is 23.7 Å². The van der Waals surface area contributed by atoms with Crippen LogP contribution >= 0.6 is 23.5 Å². The highest BCUT2D eigenvalue weighted by molar-refractivity contribution is 8.00. The fourth-order valence-corrected chi connectivity index (χ4v) is 3.11. The van der Waals surface area contributed by atoms with Gasteiger partial charge in [0.05, 0.1) is 22.3 Å². The molecule has 1 aromatic carbocycles. The van der Waals surface area contributed by atoms with Gasteiger partial charge in [-0.3, -0.25) is 0 Å². The number of aromatic nitrogens is 2. The minimum absolute atomic E-state index is 0.463. The second-order valence-electron chi connectivity index (χ2n) is 5.27. The number of nitrogens with one attached hydrogen (secondary N) is 1. The molecule has 124 valence electrons. The highest BCUT2D eigenvalue weighted by atomic mass is 35.5. The van der Waals surface area contributed by atoms with E-state index in [0.717, 1.165) is 16.2 Å². The highest BCUT2D eigenvalue weighted by Crippen LogP contribution is 2.31. The third-order valence-corrected chi connectivity index (χ3v) is 4.51. The van der Waals surface area contributed by atoms with Crippen molar-refractivity contribution < 1.29 is 0 Å². The number of nitrogen functional groups attached to an aromatic ring is 1. The van der Waals surface area contributed by atoms with Gasteiger partial charge in [0.2, 0.25) is 0 Å². The Morgan fingerprint density at radius 2 is 2.00 bits per heavy atom. The first-order chi connectivity index (χ1) is 12.1. The maximum Gasteiger partial charge on any atom is 0.136 e. The molecule has 5 nitrogen and oxygen atoms in total. The molecule has 0 amide bonds. The molecule has 3 N–H and O–H groups in total. The van der Waals surface area contributed by atoms with Crippen molar-refractivity contribution in [1.29, 1.82) is 5.26 Å².